The van der Waals surface area contributed by atoms with E-state index < -0.39 is 0 Å². The van der Waals surface area contributed by atoms with Crippen molar-refractivity contribution in [1.82, 2.24) is 0 Å². The van der Waals surface area contributed by atoms with E-state index in [9.17, 15) is 4.39 Å². The van der Waals surface area contributed by atoms with Gasteiger partial charge >= 0.3 is 0 Å². The predicted octanol–water partition coefficient (Wildman–Crippen LogP) is 8.53. The molecule has 1 rings (SSSR count). The highest BCUT2D eigenvalue weighted by Gasteiger charge is 2.21. The molecule has 0 saturated heterocycles. The van der Waals surface area contributed by atoms with Gasteiger partial charge in [-0.1, -0.05) is 109 Å². The lowest BCUT2D eigenvalue weighted by Crippen LogP contribution is -2.16. The van der Waals surface area contributed by atoms with Crippen LogP contribution in [0.1, 0.15) is 108 Å². The van der Waals surface area contributed by atoms with Crippen LogP contribution in [0.2, 0.25) is 0 Å². The van der Waals surface area contributed by atoms with Crippen molar-refractivity contribution in [2.45, 2.75) is 108 Å². The smallest absolute Gasteiger partial charge is 0.127 e. The highest BCUT2D eigenvalue weighted by molar-refractivity contribution is 5.32. The first kappa shape index (κ1) is 26.4. The minimum Gasteiger partial charge on any atom is -0.207 e. The third kappa shape index (κ3) is 17.8. The molecule has 0 unspecified atom stereocenters. The van der Waals surface area contributed by atoms with Crippen LogP contribution >= 0.6 is 0 Å². The first-order chi connectivity index (χ1) is 10.6. The molecule has 0 aliphatic rings. The van der Waals surface area contributed by atoms with E-state index in [0.717, 1.165) is 11.1 Å². The third-order valence-corrected chi connectivity index (χ3v) is 2.64. The zero-order valence-corrected chi connectivity index (χ0v) is 19.6. The fourth-order valence-corrected chi connectivity index (χ4v) is 1.59. The second-order valence-corrected chi connectivity index (χ2v) is 12.2. The third-order valence-electron chi connectivity index (χ3n) is 2.64. The van der Waals surface area contributed by atoms with E-state index in [4.69, 9.17) is 0 Å². The minimum atomic E-state index is -0.125. The fraction of sp³-hybridized carbons (Fsp3) is 0.750. The molecule has 0 saturated carbocycles. The maximum absolute atomic E-state index is 13.9. The lowest BCUT2D eigenvalue weighted by Gasteiger charge is -2.24. The molecule has 148 valence electrons. The monoisotopic (exact) mass is 352 g/mol. The van der Waals surface area contributed by atoms with E-state index in [0.29, 0.717) is 10.8 Å². The Bertz CT molecular complexity index is 473. The van der Waals surface area contributed by atoms with Gasteiger partial charge in [0.1, 0.15) is 5.82 Å². The van der Waals surface area contributed by atoms with Gasteiger partial charge in [-0.3, -0.25) is 0 Å². The van der Waals surface area contributed by atoms with Crippen LogP contribution in [-0.2, 0) is 10.8 Å². The molecule has 0 bridgehead atoms. The number of hydrogen-bond donors (Lipinski definition) is 0. The zero-order valence-electron chi connectivity index (χ0n) is 19.6. The van der Waals surface area contributed by atoms with E-state index >= 15 is 0 Å². The summed E-state index contributed by atoms with van der Waals surface area (Å²) >= 11 is 0. The maximum Gasteiger partial charge on any atom is 0.127 e. The van der Waals surface area contributed by atoms with E-state index in [1.807, 2.05) is 32.9 Å². The molecule has 0 aromatic heterocycles. The van der Waals surface area contributed by atoms with Crippen molar-refractivity contribution < 1.29 is 4.39 Å². The molecule has 25 heavy (non-hydrogen) atoms. The van der Waals surface area contributed by atoms with Gasteiger partial charge in [0.25, 0.3) is 0 Å². The Kier molecular flexibility index (Phi) is 9.70. The van der Waals surface area contributed by atoms with Crippen LogP contribution in [0.4, 0.5) is 4.39 Å². The summed E-state index contributed by atoms with van der Waals surface area (Å²) in [6.45, 7) is 29.9. The average molecular weight is 353 g/mol. The van der Waals surface area contributed by atoms with Crippen LogP contribution in [0.3, 0.4) is 0 Å². The van der Waals surface area contributed by atoms with Gasteiger partial charge in [-0.2, -0.15) is 0 Å². The van der Waals surface area contributed by atoms with Gasteiger partial charge in [0.2, 0.25) is 0 Å². The average Bonchev–Trinajstić information content (AvgIpc) is 2.20. The molecule has 0 nitrogen and oxygen atoms in total. The van der Waals surface area contributed by atoms with Crippen molar-refractivity contribution in [3.63, 3.8) is 0 Å². The van der Waals surface area contributed by atoms with Gasteiger partial charge in [-0.05, 0) is 38.9 Å². The zero-order chi connectivity index (χ0) is 20.9. The second kappa shape index (κ2) is 9.19. The summed E-state index contributed by atoms with van der Waals surface area (Å²) in [4.78, 5) is 0. The van der Waals surface area contributed by atoms with Crippen molar-refractivity contribution in [2.24, 2.45) is 10.8 Å². The maximum atomic E-state index is 13.9. The Morgan fingerprint density at radius 2 is 0.880 bits per heavy atom. The fourth-order valence-electron chi connectivity index (χ4n) is 1.59. The van der Waals surface area contributed by atoms with E-state index in [-0.39, 0.29) is 16.6 Å². The van der Waals surface area contributed by atoms with Crippen LogP contribution in [0.5, 0.6) is 0 Å². The molecule has 1 aromatic carbocycles. The second-order valence-electron chi connectivity index (χ2n) is 12.2. The van der Waals surface area contributed by atoms with Crippen molar-refractivity contribution >= 4 is 0 Å². The SMILES string of the molecule is CC(C)(C)C.CC(C)(C)C.CC(C)(C)c1ccc(C(C)(C)C)c(F)c1. The van der Waals surface area contributed by atoms with Gasteiger partial charge in [-0.15, -0.1) is 0 Å². The molecular weight excluding hydrogens is 307 g/mol. The number of hydrogen-bond acceptors (Lipinski definition) is 0. The highest BCUT2D eigenvalue weighted by Crippen LogP contribution is 2.29. The van der Waals surface area contributed by atoms with Gasteiger partial charge in [0.05, 0.1) is 0 Å². The van der Waals surface area contributed by atoms with Gasteiger partial charge in [0, 0.05) is 0 Å². The molecule has 1 heteroatoms. The van der Waals surface area contributed by atoms with Crippen LogP contribution in [0.25, 0.3) is 0 Å². The number of halogens is 1. The Balaban J connectivity index is 0. The molecule has 1 aromatic rings. The lowest BCUT2D eigenvalue weighted by molar-refractivity contribution is 0.469. The summed E-state index contributed by atoms with van der Waals surface area (Å²) in [5.74, 6) is -0.0880. The first-order valence-corrected chi connectivity index (χ1v) is 9.43. The molecule has 0 fully saturated rings. The van der Waals surface area contributed by atoms with E-state index in [2.05, 4.69) is 76.2 Å². The summed E-state index contributed by atoms with van der Waals surface area (Å²) in [6.07, 6.45) is 0. The Morgan fingerprint density at radius 1 is 0.560 bits per heavy atom. The molecule has 0 spiro atoms. The summed E-state index contributed by atoms with van der Waals surface area (Å²) < 4.78 is 13.9. The van der Waals surface area contributed by atoms with Crippen LogP contribution in [0, 0.1) is 16.6 Å². The lowest BCUT2D eigenvalue weighted by atomic mass is 9.82. The summed E-state index contributed by atoms with van der Waals surface area (Å²) in [5, 5.41) is 0. The number of benzene rings is 1. The highest BCUT2D eigenvalue weighted by atomic mass is 19.1. The van der Waals surface area contributed by atoms with Gasteiger partial charge < -0.3 is 0 Å². The number of rotatable bonds is 0. The topological polar surface area (TPSA) is 0 Å². The molecular formula is C24H45F. The Labute approximate surface area is 158 Å². The predicted molar refractivity (Wildman–Crippen MR) is 114 cm³/mol. The molecule has 0 radical (unpaired) electrons. The van der Waals surface area contributed by atoms with E-state index in [1.54, 1.807) is 6.07 Å². The van der Waals surface area contributed by atoms with Crippen LogP contribution in [0.15, 0.2) is 18.2 Å². The van der Waals surface area contributed by atoms with Crippen molar-refractivity contribution in [2.75, 3.05) is 0 Å². The Hall–Kier alpha value is -0.850. The molecule has 0 aliphatic carbocycles. The van der Waals surface area contributed by atoms with Crippen molar-refractivity contribution in [3.05, 3.63) is 35.1 Å². The quantitative estimate of drug-likeness (QED) is 0.439. The van der Waals surface area contributed by atoms with Crippen LogP contribution < -0.4 is 0 Å². The van der Waals surface area contributed by atoms with E-state index in [1.165, 1.54) is 0 Å². The Morgan fingerprint density at radius 3 is 1.08 bits per heavy atom. The van der Waals surface area contributed by atoms with Crippen molar-refractivity contribution in [3.8, 4) is 0 Å². The standard InChI is InChI=1S/C14H21F.2C5H12/c1-13(2,3)10-7-8-11(12(15)9-10)14(4,5)6;2*1-5(2,3)4/h7-9H,1-6H3;2*1-4H3. The molecule has 0 aliphatic heterocycles. The summed E-state index contributed by atoms with van der Waals surface area (Å²) in [5.41, 5.74) is 2.72. The van der Waals surface area contributed by atoms with Crippen LogP contribution in [-0.4, -0.2) is 0 Å². The first-order valence-electron chi connectivity index (χ1n) is 9.43. The summed E-state index contributed by atoms with van der Waals surface area (Å²) in [7, 11) is 0. The molecule has 0 N–H and O–H groups in total. The summed E-state index contributed by atoms with van der Waals surface area (Å²) in [6, 6.07) is 5.61. The molecule has 0 heterocycles. The molecule has 0 amide bonds. The van der Waals surface area contributed by atoms with Gasteiger partial charge in [-0.25, -0.2) is 4.39 Å². The van der Waals surface area contributed by atoms with Gasteiger partial charge in [0.15, 0.2) is 0 Å². The van der Waals surface area contributed by atoms with Crippen molar-refractivity contribution in [1.29, 1.82) is 0 Å². The minimum absolute atomic E-state index is 0.0112. The molecule has 0 atom stereocenters. The normalized spacial score (nSPS) is 12.6. The largest absolute Gasteiger partial charge is 0.207 e.